The third-order valence-electron chi connectivity index (χ3n) is 4.80. The number of ether oxygens (including phenoxy) is 1. The molecule has 0 saturated carbocycles. The van der Waals surface area contributed by atoms with Crippen LogP contribution in [0.15, 0.2) is 78.9 Å². The van der Waals surface area contributed by atoms with Crippen LogP contribution in [0.25, 0.3) is 0 Å². The van der Waals surface area contributed by atoms with Crippen molar-refractivity contribution in [3.05, 3.63) is 95.8 Å². The summed E-state index contributed by atoms with van der Waals surface area (Å²) in [5.41, 5.74) is 0.977. The largest absolute Gasteiger partial charge is 0.492 e. The van der Waals surface area contributed by atoms with Crippen LogP contribution in [0.5, 0.6) is 5.75 Å². The van der Waals surface area contributed by atoms with Gasteiger partial charge in [-0.2, -0.15) is 12.7 Å². The van der Waals surface area contributed by atoms with Crippen molar-refractivity contribution in [2.45, 2.75) is 6.54 Å². The Morgan fingerprint density at radius 1 is 0.939 bits per heavy atom. The highest BCUT2D eigenvalue weighted by atomic mass is 32.2. The molecule has 0 unspecified atom stereocenters. The lowest BCUT2D eigenvalue weighted by Gasteiger charge is -2.27. The molecule has 0 aromatic heterocycles. The minimum absolute atomic E-state index is 0.0496. The van der Waals surface area contributed by atoms with E-state index in [1.807, 2.05) is 30.3 Å². The van der Waals surface area contributed by atoms with E-state index in [9.17, 15) is 17.6 Å². The number of benzene rings is 3. The summed E-state index contributed by atoms with van der Waals surface area (Å²) in [5, 5.41) is 2.78. The highest BCUT2D eigenvalue weighted by Gasteiger charge is 2.27. The normalized spacial score (nSPS) is 11.3. The fourth-order valence-electron chi connectivity index (χ4n) is 3.02. The quantitative estimate of drug-likeness (QED) is 0.460. The number of hydrogen-bond acceptors (Lipinski definition) is 4. The molecule has 0 fully saturated rings. The van der Waals surface area contributed by atoms with Crippen molar-refractivity contribution in [3.8, 4) is 5.75 Å². The zero-order valence-electron chi connectivity index (χ0n) is 18.4. The maximum Gasteiger partial charge on any atom is 0.303 e. The first-order valence-corrected chi connectivity index (χ1v) is 11.7. The molecule has 7 nitrogen and oxygen atoms in total. The standard InChI is InChI=1S/C24H26FN3O4S/c1-27(2)33(30,31)28(23-11-7-6-10-22(23)25)18-19-12-14-20(15-13-19)24(29)26-16-17-32-21-8-4-3-5-9-21/h3-15H,16-18H2,1-2H3,(H,26,29). The van der Waals surface area contributed by atoms with E-state index < -0.39 is 16.0 Å². The number of carbonyl (C=O) groups excluding carboxylic acids is 1. The third kappa shape index (κ3) is 6.30. The highest BCUT2D eigenvalue weighted by Crippen LogP contribution is 2.25. The van der Waals surface area contributed by atoms with E-state index in [1.54, 1.807) is 30.3 Å². The van der Waals surface area contributed by atoms with Crippen molar-refractivity contribution in [1.29, 1.82) is 0 Å². The number of amides is 1. The second kappa shape index (κ2) is 10.9. The van der Waals surface area contributed by atoms with Gasteiger partial charge in [-0.15, -0.1) is 0 Å². The number of nitrogens with one attached hydrogen (secondary N) is 1. The zero-order valence-corrected chi connectivity index (χ0v) is 19.3. The topological polar surface area (TPSA) is 79.0 Å². The maximum absolute atomic E-state index is 14.4. The van der Waals surface area contributed by atoms with Crippen LogP contribution in [0.4, 0.5) is 10.1 Å². The van der Waals surface area contributed by atoms with E-state index in [4.69, 9.17) is 4.74 Å². The Kier molecular flexibility index (Phi) is 8.02. The predicted molar refractivity (Wildman–Crippen MR) is 126 cm³/mol. The molecule has 3 rings (SSSR count). The molecule has 0 saturated heterocycles. The van der Waals surface area contributed by atoms with E-state index in [2.05, 4.69) is 5.32 Å². The van der Waals surface area contributed by atoms with Crippen LogP contribution in [0.1, 0.15) is 15.9 Å². The summed E-state index contributed by atoms with van der Waals surface area (Å²) in [6.45, 7) is 0.569. The van der Waals surface area contributed by atoms with Crippen molar-refractivity contribution >= 4 is 21.8 Å². The molecule has 0 atom stereocenters. The van der Waals surface area contributed by atoms with Gasteiger partial charge in [-0.05, 0) is 42.0 Å². The number of hydrogen-bond donors (Lipinski definition) is 1. The van der Waals surface area contributed by atoms with Gasteiger partial charge >= 0.3 is 10.2 Å². The highest BCUT2D eigenvalue weighted by molar-refractivity contribution is 7.90. The minimum Gasteiger partial charge on any atom is -0.492 e. The van der Waals surface area contributed by atoms with Gasteiger partial charge < -0.3 is 10.1 Å². The summed E-state index contributed by atoms with van der Waals surface area (Å²) in [6, 6.07) is 21.5. The Hall–Kier alpha value is -3.43. The summed E-state index contributed by atoms with van der Waals surface area (Å²) < 4.78 is 47.6. The minimum atomic E-state index is -3.94. The second-order valence-corrected chi connectivity index (χ2v) is 9.43. The number of para-hydroxylation sites is 2. The van der Waals surface area contributed by atoms with Gasteiger partial charge in [0.05, 0.1) is 18.8 Å². The van der Waals surface area contributed by atoms with Gasteiger partial charge in [0.15, 0.2) is 0 Å². The summed E-state index contributed by atoms with van der Waals surface area (Å²) in [7, 11) is -1.17. The van der Waals surface area contributed by atoms with Crippen molar-refractivity contribution in [3.63, 3.8) is 0 Å². The lowest BCUT2D eigenvalue weighted by molar-refractivity contribution is 0.0947. The Morgan fingerprint density at radius 3 is 2.21 bits per heavy atom. The van der Waals surface area contributed by atoms with E-state index in [0.29, 0.717) is 24.3 Å². The fraction of sp³-hybridized carbons (Fsp3) is 0.208. The summed E-state index contributed by atoms with van der Waals surface area (Å²) in [4.78, 5) is 12.4. The van der Waals surface area contributed by atoms with E-state index >= 15 is 0 Å². The first kappa shape index (κ1) is 24.2. The molecule has 3 aromatic rings. The number of anilines is 1. The van der Waals surface area contributed by atoms with Crippen molar-refractivity contribution in [2.24, 2.45) is 0 Å². The number of halogens is 1. The SMILES string of the molecule is CN(C)S(=O)(=O)N(Cc1ccc(C(=O)NCCOc2ccccc2)cc1)c1ccccc1F. The van der Waals surface area contributed by atoms with Crippen molar-refractivity contribution in [1.82, 2.24) is 9.62 Å². The molecule has 1 N–H and O–H groups in total. The van der Waals surface area contributed by atoms with Crippen LogP contribution in [0.2, 0.25) is 0 Å². The predicted octanol–water partition coefficient (Wildman–Crippen LogP) is 3.45. The molecule has 0 radical (unpaired) electrons. The van der Waals surface area contributed by atoms with Gasteiger partial charge in [0.2, 0.25) is 0 Å². The summed E-state index contributed by atoms with van der Waals surface area (Å²) >= 11 is 0. The maximum atomic E-state index is 14.4. The first-order chi connectivity index (χ1) is 15.8. The molecule has 0 bridgehead atoms. The van der Waals surface area contributed by atoms with Crippen LogP contribution >= 0.6 is 0 Å². The van der Waals surface area contributed by atoms with Crippen LogP contribution < -0.4 is 14.4 Å². The average Bonchev–Trinajstić information content (AvgIpc) is 2.81. The smallest absolute Gasteiger partial charge is 0.303 e. The van der Waals surface area contributed by atoms with Gasteiger partial charge in [0, 0.05) is 19.7 Å². The van der Waals surface area contributed by atoms with E-state index in [1.165, 1.54) is 32.3 Å². The third-order valence-corrected chi connectivity index (χ3v) is 6.61. The Balaban J connectivity index is 1.65. The molecule has 0 spiro atoms. The van der Waals surface area contributed by atoms with Crippen LogP contribution in [-0.2, 0) is 16.8 Å². The van der Waals surface area contributed by atoms with E-state index in [-0.39, 0.29) is 18.1 Å². The lowest BCUT2D eigenvalue weighted by Crippen LogP contribution is -2.40. The molecule has 9 heteroatoms. The molecule has 0 aliphatic heterocycles. The second-order valence-electron chi connectivity index (χ2n) is 7.36. The Morgan fingerprint density at radius 2 is 1.58 bits per heavy atom. The zero-order chi connectivity index (χ0) is 23.8. The molecule has 1 amide bonds. The lowest BCUT2D eigenvalue weighted by atomic mass is 10.1. The number of carbonyl (C=O) groups is 1. The Labute approximate surface area is 193 Å². The van der Waals surface area contributed by atoms with Crippen molar-refractivity contribution < 1.29 is 22.3 Å². The first-order valence-electron chi connectivity index (χ1n) is 10.3. The van der Waals surface area contributed by atoms with Crippen LogP contribution in [-0.4, -0.2) is 45.9 Å². The van der Waals surface area contributed by atoms with Crippen molar-refractivity contribution in [2.75, 3.05) is 31.6 Å². The molecule has 174 valence electrons. The summed E-state index contributed by atoms with van der Waals surface area (Å²) in [5.74, 6) is -0.190. The Bertz CT molecular complexity index is 1170. The van der Waals surface area contributed by atoms with Crippen LogP contribution in [0.3, 0.4) is 0 Å². The van der Waals surface area contributed by atoms with Gasteiger partial charge in [0.25, 0.3) is 5.91 Å². The van der Waals surface area contributed by atoms with Gasteiger partial charge in [0.1, 0.15) is 18.2 Å². The molecule has 33 heavy (non-hydrogen) atoms. The monoisotopic (exact) mass is 471 g/mol. The number of nitrogens with zero attached hydrogens (tertiary/aromatic N) is 2. The summed E-state index contributed by atoms with van der Waals surface area (Å²) in [6.07, 6.45) is 0. The molecule has 3 aromatic carbocycles. The average molecular weight is 472 g/mol. The molecule has 0 aliphatic rings. The molecular weight excluding hydrogens is 445 g/mol. The van der Waals surface area contributed by atoms with E-state index in [0.717, 1.165) is 14.4 Å². The fourth-order valence-corrected chi connectivity index (χ4v) is 4.12. The van der Waals surface area contributed by atoms with Crippen LogP contribution in [0, 0.1) is 5.82 Å². The molecule has 0 heterocycles. The van der Waals surface area contributed by atoms with Gasteiger partial charge in [-0.1, -0.05) is 42.5 Å². The molecular formula is C24H26FN3O4S. The molecule has 0 aliphatic carbocycles. The van der Waals surface area contributed by atoms with Gasteiger partial charge in [-0.25, -0.2) is 4.39 Å². The number of rotatable bonds is 10. The van der Waals surface area contributed by atoms with Gasteiger partial charge in [-0.3, -0.25) is 9.10 Å².